The Bertz CT molecular complexity index is 786. The van der Waals surface area contributed by atoms with Crippen molar-refractivity contribution in [2.75, 3.05) is 26.3 Å². The van der Waals surface area contributed by atoms with Gasteiger partial charge in [0.2, 0.25) is 0 Å². The van der Waals surface area contributed by atoms with E-state index in [1.54, 1.807) is 11.0 Å². The maximum absolute atomic E-state index is 12.6. The number of thiophene rings is 1. The lowest BCUT2D eigenvalue weighted by Crippen LogP contribution is -2.32. The minimum atomic E-state index is -0.908. The molecule has 1 aliphatic rings. The third-order valence-corrected chi connectivity index (χ3v) is 5.03. The SMILES string of the molecule is CCN(CCC(=O)O)C(=O)c1ccc(-c2ccc3c(c2)OCCO3)s1. The molecule has 2 aromatic rings. The van der Waals surface area contributed by atoms with E-state index in [1.807, 2.05) is 31.2 Å². The van der Waals surface area contributed by atoms with Crippen molar-refractivity contribution in [2.24, 2.45) is 0 Å². The summed E-state index contributed by atoms with van der Waals surface area (Å²) in [5.41, 5.74) is 0.960. The maximum Gasteiger partial charge on any atom is 0.305 e. The molecule has 6 nitrogen and oxygen atoms in total. The largest absolute Gasteiger partial charge is 0.486 e. The van der Waals surface area contributed by atoms with Gasteiger partial charge in [-0.2, -0.15) is 0 Å². The molecule has 25 heavy (non-hydrogen) atoms. The van der Waals surface area contributed by atoms with Crippen LogP contribution in [0.25, 0.3) is 10.4 Å². The zero-order chi connectivity index (χ0) is 17.8. The second-order valence-corrected chi connectivity index (χ2v) is 6.63. The number of ether oxygens (including phenoxy) is 2. The van der Waals surface area contributed by atoms with Gasteiger partial charge in [0, 0.05) is 18.0 Å². The summed E-state index contributed by atoms with van der Waals surface area (Å²) < 4.78 is 11.1. The van der Waals surface area contributed by atoms with Crippen LogP contribution in [-0.2, 0) is 4.79 Å². The van der Waals surface area contributed by atoms with Crippen molar-refractivity contribution in [1.82, 2.24) is 4.90 Å². The monoisotopic (exact) mass is 361 g/mol. The average Bonchev–Trinajstić information content (AvgIpc) is 3.11. The average molecular weight is 361 g/mol. The number of fused-ring (bicyclic) bond motifs is 1. The molecule has 0 unspecified atom stereocenters. The topological polar surface area (TPSA) is 76.1 Å². The third kappa shape index (κ3) is 3.93. The standard InChI is InChI=1S/C18H19NO5S/c1-2-19(8-7-17(20)21)18(22)16-6-5-15(25-16)12-3-4-13-14(11-12)24-10-9-23-13/h3-6,11H,2,7-10H2,1H3,(H,20,21). The first kappa shape index (κ1) is 17.3. The van der Waals surface area contributed by atoms with Crippen LogP contribution in [0.15, 0.2) is 30.3 Å². The van der Waals surface area contributed by atoms with E-state index in [-0.39, 0.29) is 18.9 Å². The van der Waals surface area contributed by atoms with Crippen LogP contribution in [0.3, 0.4) is 0 Å². The molecule has 0 saturated carbocycles. The molecule has 1 aromatic heterocycles. The Balaban J connectivity index is 1.77. The Morgan fingerprint density at radius 1 is 1.16 bits per heavy atom. The lowest BCUT2D eigenvalue weighted by atomic mass is 10.1. The van der Waals surface area contributed by atoms with Crippen molar-refractivity contribution in [1.29, 1.82) is 0 Å². The highest BCUT2D eigenvalue weighted by Gasteiger charge is 2.19. The van der Waals surface area contributed by atoms with E-state index < -0.39 is 5.97 Å². The van der Waals surface area contributed by atoms with Crippen LogP contribution in [-0.4, -0.2) is 48.2 Å². The highest BCUT2D eigenvalue weighted by atomic mass is 32.1. The first-order valence-electron chi connectivity index (χ1n) is 8.09. The van der Waals surface area contributed by atoms with Crippen LogP contribution in [0, 0.1) is 0 Å². The molecule has 0 saturated heterocycles. The lowest BCUT2D eigenvalue weighted by molar-refractivity contribution is -0.137. The summed E-state index contributed by atoms with van der Waals surface area (Å²) in [6.45, 7) is 3.60. The molecule has 0 radical (unpaired) electrons. The Morgan fingerprint density at radius 3 is 2.64 bits per heavy atom. The maximum atomic E-state index is 12.6. The predicted molar refractivity (Wildman–Crippen MR) is 94.6 cm³/mol. The van der Waals surface area contributed by atoms with Gasteiger partial charge in [0.05, 0.1) is 11.3 Å². The van der Waals surface area contributed by atoms with E-state index in [0.717, 1.165) is 16.2 Å². The van der Waals surface area contributed by atoms with Crippen LogP contribution in [0.5, 0.6) is 11.5 Å². The van der Waals surface area contributed by atoms with E-state index in [4.69, 9.17) is 14.6 Å². The summed E-state index contributed by atoms with van der Waals surface area (Å²) in [4.78, 5) is 26.4. The fourth-order valence-corrected chi connectivity index (χ4v) is 3.56. The number of nitrogens with zero attached hydrogens (tertiary/aromatic N) is 1. The molecule has 2 heterocycles. The van der Waals surface area contributed by atoms with E-state index >= 15 is 0 Å². The van der Waals surface area contributed by atoms with Gasteiger partial charge in [-0.05, 0) is 42.8 Å². The van der Waals surface area contributed by atoms with Gasteiger partial charge in [0.25, 0.3) is 5.91 Å². The molecule has 1 N–H and O–H groups in total. The van der Waals surface area contributed by atoms with Crippen LogP contribution in [0.4, 0.5) is 0 Å². The zero-order valence-electron chi connectivity index (χ0n) is 13.9. The molecule has 0 aliphatic carbocycles. The number of carbonyl (C=O) groups excluding carboxylic acids is 1. The van der Waals surface area contributed by atoms with Gasteiger partial charge in [-0.1, -0.05) is 0 Å². The van der Waals surface area contributed by atoms with Crippen molar-refractivity contribution < 1.29 is 24.2 Å². The molecular weight excluding hydrogens is 342 g/mol. The van der Waals surface area contributed by atoms with Crippen molar-refractivity contribution in [3.05, 3.63) is 35.2 Å². The smallest absolute Gasteiger partial charge is 0.305 e. The number of benzene rings is 1. The van der Waals surface area contributed by atoms with Crippen molar-refractivity contribution in [2.45, 2.75) is 13.3 Å². The van der Waals surface area contributed by atoms with Gasteiger partial charge in [0.1, 0.15) is 13.2 Å². The molecular formula is C18H19NO5S. The Morgan fingerprint density at radius 2 is 1.92 bits per heavy atom. The fourth-order valence-electron chi connectivity index (χ4n) is 2.59. The Labute approximate surface area is 149 Å². The minimum absolute atomic E-state index is 0.0556. The molecule has 0 bridgehead atoms. The van der Waals surface area contributed by atoms with E-state index in [1.165, 1.54) is 11.3 Å². The van der Waals surface area contributed by atoms with Crippen LogP contribution < -0.4 is 9.47 Å². The number of aliphatic carboxylic acids is 1. The van der Waals surface area contributed by atoms with Crippen LogP contribution in [0.2, 0.25) is 0 Å². The summed E-state index contributed by atoms with van der Waals surface area (Å²) in [5.74, 6) is 0.391. The first-order chi connectivity index (χ1) is 12.1. The van der Waals surface area contributed by atoms with Crippen LogP contribution >= 0.6 is 11.3 Å². The molecule has 7 heteroatoms. The van der Waals surface area contributed by atoms with Crippen LogP contribution in [0.1, 0.15) is 23.0 Å². The van der Waals surface area contributed by atoms with Gasteiger partial charge in [-0.25, -0.2) is 0 Å². The normalized spacial score (nSPS) is 12.7. The summed E-state index contributed by atoms with van der Waals surface area (Å²) in [7, 11) is 0. The van der Waals surface area contributed by atoms with E-state index in [9.17, 15) is 9.59 Å². The highest BCUT2D eigenvalue weighted by molar-refractivity contribution is 7.17. The Hall–Kier alpha value is -2.54. The van der Waals surface area contributed by atoms with Crippen molar-refractivity contribution in [3.8, 4) is 21.9 Å². The summed E-state index contributed by atoms with van der Waals surface area (Å²) in [5, 5.41) is 8.80. The number of carbonyl (C=O) groups is 2. The Kier molecular flexibility index (Phi) is 5.23. The van der Waals surface area contributed by atoms with Crippen molar-refractivity contribution >= 4 is 23.2 Å². The van der Waals surface area contributed by atoms with Crippen molar-refractivity contribution in [3.63, 3.8) is 0 Å². The molecule has 0 spiro atoms. The number of carboxylic acid groups (broad SMARTS) is 1. The quantitative estimate of drug-likeness (QED) is 0.855. The summed E-state index contributed by atoms with van der Waals surface area (Å²) in [6, 6.07) is 9.40. The highest BCUT2D eigenvalue weighted by Crippen LogP contribution is 2.37. The summed E-state index contributed by atoms with van der Waals surface area (Å²) >= 11 is 1.39. The third-order valence-electron chi connectivity index (χ3n) is 3.91. The van der Waals surface area contributed by atoms with Gasteiger partial charge in [0.15, 0.2) is 11.5 Å². The number of hydrogen-bond donors (Lipinski definition) is 1. The van der Waals surface area contributed by atoms with E-state index in [2.05, 4.69) is 0 Å². The molecule has 1 amide bonds. The second-order valence-electron chi connectivity index (χ2n) is 5.55. The molecule has 0 fully saturated rings. The molecule has 132 valence electrons. The molecule has 1 aromatic carbocycles. The number of amides is 1. The number of hydrogen-bond acceptors (Lipinski definition) is 5. The minimum Gasteiger partial charge on any atom is -0.486 e. The van der Waals surface area contributed by atoms with Gasteiger partial charge in [-0.15, -0.1) is 11.3 Å². The number of carboxylic acids is 1. The first-order valence-corrected chi connectivity index (χ1v) is 8.91. The lowest BCUT2D eigenvalue weighted by Gasteiger charge is -2.19. The zero-order valence-corrected chi connectivity index (χ0v) is 14.7. The summed E-state index contributed by atoms with van der Waals surface area (Å²) in [6.07, 6.45) is -0.0556. The fraction of sp³-hybridized carbons (Fsp3) is 0.333. The predicted octanol–water partition coefficient (Wildman–Crippen LogP) is 3.12. The van der Waals surface area contributed by atoms with Gasteiger partial charge >= 0.3 is 5.97 Å². The molecule has 0 atom stereocenters. The molecule has 1 aliphatic heterocycles. The van der Waals surface area contributed by atoms with Gasteiger partial charge in [-0.3, -0.25) is 9.59 Å². The number of rotatable bonds is 6. The van der Waals surface area contributed by atoms with E-state index in [0.29, 0.717) is 30.4 Å². The molecule has 3 rings (SSSR count). The van der Waals surface area contributed by atoms with Gasteiger partial charge < -0.3 is 19.5 Å². The second kappa shape index (κ2) is 7.57.